The zero-order chi connectivity index (χ0) is 38.2. The van der Waals surface area contributed by atoms with Crippen LogP contribution in [0.5, 0.6) is 0 Å². The molecule has 0 aliphatic heterocycles. The van der Waals surface area contributed by atoms with Crippen LogP contribution in [0.1, 0.15) is 0 Å². The molecule has 0 aromatic heterocycles. The van der Waals surface area contributed by atoms with E-state index in [1.54, 1.807) is 0 Å². The fourth-order valence-electron chi connectivity index (χ4n) is 9.62. The van der Waals surface area contributed by atoms with Crippen molar-refractivity contribution in [1.29, 1.82) is 0 Å². The van der Waals surface area contributed by atoms with E-state index in [9.17, 15) is 0 Å². The first-order valence-corrected chi connectivity index (χ1v) is 20.2. The highest BCUT2D eigenvalue weighted by atomic mass is 14.2. The molecule has 0 heteroatoms. The maximum absolute atomic E-state index is 2.43. The van der Waals surface area contributed by atoms with Gasteiger partial charge in [-0.3, -0.25) is 0 Å². The summed E-state index contributed by atoms with van der Waals surface area (Å²) in [6.07, 6.45) is 0. The molecule has 0 nitrogen and oxygen atoms in total. The molecule has 0 atom stereocenters. The molecule has 0 N–H and O–H groups in total. The van der Waals surface area contributed by atoms with Crippen molar-refractivity contribution in [2.24, 2.45) is 0 Å². The lowest BCUT2D eigenvalue weighted by molar-refractivity contribution is 1.61. The van der Waals surface area contributed by atoms with Gasteiger partial charge in [0.2, 0.25) is 0 Å². The Bertz CT molecular complexity index is 3510. The summed E-state index contributed by atoms with van der Waals surface area (Å²) in [5, 5.41) is 17.8. The van der Waals surface area contributed by atoms with Crippen molar-refractivity contribution >= 4 is 75.4 Å². The maximum Gasteiger partial charge on any atom is -0.00261 e. The third-order valence-electron chi connectivity index (χ3n) is 12.4. The minimum atomic E-state index is 1.22. The summed E-state index contributed by atoms with van der Waals surface area (Å²) in [5.41, 5.74) is 9.92. The summed E-state index contributed by atoms with van der Waals surface area (Å²) in [4.78, 5) is 0. The highest BCUT2D eigenvalue weighted by Crippen LogP contribution is 2.46. The van der Waals surface area contributed by atoms with Gasteiger partial charge in [0.15, 0.2) is 0 Å². The van der Waals surface area contributed by atoms with E-state index in [4.69, 9.17) is 0 Å². The third kappa shape index (κ3) is 5.16. The second kappa shape index (κ2) is 13.0. The molecule has 0 radical (unpaired) electrons. The standard InChI is InChI=1S/C58H36/c1-2-12-41-33-42(28-25-37(41)11-1)38-21-23-39(24-22-38)43-29-26-40-27-30-44(35-46(40)34-43)57-52-17-7-9-19-54(52)58(55-20-10-8-18-53(55)57)45-31-32-51-49-15-4-3-13-47(49)48-14-5-6-16-50(48)56(51)36-45/h1-36H. The Balaban J connectivity index is 0.999. The van der Waals surface area contributed by atoms with Gasteiger partial charge < -0.3 is 0 Å². The molecular weight excluding hydrogens is 697 g/mol. The van der Waals surface area contributed by atoms with Crippen LogP contribution in [0.25, 0.3) is 120 Å². The molecule has 0 amide bonds. The van der Waals surface area contributed by atoms with E-state index < -0.39 is 0 Å². The third-order valence-corrected chi connectivity index (χ3v) is 12.4. The Kier molecular flexibility index (Phi) is 7.33. The van der Waals surface area contributed by atoms with Crippen molar-refractivity contribution in [3.8, 4) is 44.5 Å². The van der Waals surface area contributed by atoms with Gasteiger partial charge in [0.05, 0.1) is 0 Å². The van der Waals surface area contributed by atoms with Gasteiger partial charge in [0, 0.05) is 0 Å². The highest BCUT2D eigenvalue weighted by molar-refractivity contribution is 6.27. The molecule has 12 aromatic carbocycles. The van der Waals surface area contributed by atoms with Crippen molar-refractivity contribution in [3.63, 3.8) is 0 Å². The first-order valence-electron chi connectivity index (χ1n) is 20.2. The fraction of sp³-hybridized carbons (Fsp3) is 0. The lowest BCUT2D eigenvalue weighted by Crippen LogP contribution is -1.91. The lowest BCUT2D eigenvalue weighted by Gasteiger charge is -2.19. The smallest absolute Gasteiger partial charge is 0.00261 e. The summed E-state index contributed by atoms with van der Waals surface area (Å²) >= 11 is 0. The average Bonchev–Trinajstić information content (AvgIpc) is 3.30. The molecule has 0 fully saturated rings. The molecule has 268 valence electrons. The Labute approximate surface area is 336 Å². The highest BCUT2D eigenvalue weighted by Gasteiger charge is 2.18. The fourth-order valence-corrected chi connectivity index (χ4v) is 9.62. The molecule has 0 aliphatic carbocycles. The van der Waals surface area contributed by atoms with E-state index in [1.807, 2.05) is 0 Å². The summed E-state index contributed by atoms with van der Waals surface area (Å²) in [7, 11) is 0. The second-order valence-electron chi connectivity index (χ2n) is 15.6. The van der Waals surface area contributed by atoms with Crippen LogP contribution in [0.2, 0.25) is 0 Å². The van der Waals surface area contributed by atoms with Crippen LogP contribution >= 0.6 is 0 Å². The second-order valence-corrected chi connectivity index (χ2v) is 15.6. The molecule has 0 saturated heterocycles. The Morgan fingerprint density at radius 3 is 0.983 bits per heavy atom. The predicted octanol–water partition coefficient (Wildman–Crippen LogP) is 16.4. The van der Waals surface area contributed by atoms with E-state index in [0.717, 1.165) is 0 Å². The molecule has 0 spiro atoms. The molecule has 0 aliphatic rings. The van der Waals surface area contributed by atoms with Crippen molar-refractivity contribution in [2.75, 3.05) is 0 Å². The molecule has 12 rings (SSSR count). The van der Waals surface area contributed by atoms with Gasteiger partial charge >= 0.3 is 0 Å². The van der Waals surface area contributed by atoms with Crippen LogP contribution in [-0.4, -0.2) is 0 Å². The van der Waals surface area contributed by atoms with Crippen LogP contribution in [0.3, 0.4) is 0 Å². The zero-order valence-corrected chi connectivity index (χ0v) is 31.8. The van der Waals surface area contributed by atoms with E-state index in [-0.39, 0.29) is 0 Å². The summed E-state index contributed by atoms with van der Waals surface area (Å²) in [5.74, 6) is 0. The number of benzene rings is 12. The first kappa shape index (κ1) is 32.7. The lowest BCUT2D eigenvalue weighted by atomic mass is 9.84. The van der Waals surface area contributed by atoms with Gasteiger partial charge in [-0.2, -0.15) is 0 Å². The monoisotopic (exact) mass is 732 g/mol. The van der Waals surface area contributed by atoms with E-state index in [2.05, 4.69) is 218 Å². The van der Waals surface area contributed by atoms with Gasteiger partial charge in [-0.1, -0.05) is 194 Å². The molecule has 58 heavy (non-hydrogen) atoms. The molecule has 12 aromatic rings. The van der Waals surface area contributed by atoms with Crippen LogP contribution in [0.4, 0.5) is 0 Å². The summed E-state index contributed by atoms with van der Waals surface area (Å²) < 4.78 is 0. The Morgan fingerprint density at radius 1 is 0.155 bits per heavy atom. The van der Waals surface area contributed by atoms with Crippen LogP contribution in [0, 0.1) is 0 Å². The first-order chi connectivity index (χ1) is 28.7. The largest absolute Gasteiger partial charge is 0.0616 e. The van der Waals surface area contributed by atoms with E-state index in [0.29, 0.717) is 0 Å². The van der Waals surface area contributed by atoms with Crippen molar-refractivity contribution in [1.82, 2.24) is 0 Å². The molecule has 0 unspecified atom stereocenters. The Hall–Kier alpha value is -7.54. The SMILES string of the molecule is c1ccc2cc(-c3ccc(-c4ccc5ccc(-c6c7ccccc7c(-c7ccc8c9ccccc9c9ccccc9c8c7)c7ccccc67)cc5c4)cc3)ccc2c1. The number of hydrogen-bond donors (Lipinski definition) is 0. The van der Waals surface area contributed by atoms with E-state index >= 15 is 0 Å². The topological polar surface area (TPSA) is 0 Å². The predicted molar refractivity (Wildman–Crippen MR) is 251 cm³/mol. The van der Waals surface area contributed by atoms with Gasteiger partial charge in [-0.25, -0.2) is 0 Å². The molecule has 0 bridgehead atoms. The van der Waals surface area contributed by atoms with Crippen LogP contribution in [-0.2, 0) is 0 Å². The number of fused-ring (bicyclic) bond motifs is 10. The van der Waals surface area contributed by atoms with Gasteiger partial charge in [0.25, 0.3) is 0 Å². The Morgan fingerprint density at radius 2 is 0.466 bits per heavy atom. The van der Waals surface area contributed by atoms with Gasteiger partial charge in [-0.15, -0.1) is 0 Å². The molecule has 0 heterocycles. The number of hydrogen-bond acceptors (Lipinski definition) is 0. The zero-order valence-electron chi connectivity index (χ0n) is 31.8. The van der Waals surface area contributed by atoms with Crippen molar-refractivity contribution in [3.05, 3.63) is 218 Å². The van der Waals surface area contributed by atoms with Crippen LogP contribution in [0.15, 0.2) is 218 Å². The summed E-state index contributed by atoms with van der Waals surface area (Å²) in [6.45, 7) is 0. The van der Waals surface area contributed by atoms with Crippen LogP contribution < -0.4 is 0 Å². The van der Waals surface area contributed by atoms with Crippen molar-refractivity contribution in [2.45, 2.75) is 0 Å². The number of rotatable bonds is 4. The molecule has 0 saturated carbocycles. The maximum atomic E-state index is 2.43. The normalized spacial score (nSPS) is 11.8. The van der Waals surface area contributed by atoms with Gasteiger partial charge in [-0.05, 0) is 144 Å². The minimum absolute atomic E-state index is 1.22. The quantitative estimate of drug-likeness (QED) is 0.125. The van der Waals surface area contributed by atoms with Gasteiger partial charge in [0.1, 0.15) is 0 Å². The minimum Gasteiger partial charge on any atom is -0.0616 e. The summed E-state index contributed by atoms with van der Waals surface area (Å²) in [6, 6.07) is 80.9. The van der Waals surface area contributed by atoms with E-state index in [1.165, 1.54) is 120 Å². The average molecular weight is 733 g/mol. The molecular formula is C58H36. The van der Waals surface area contributed by atoms with Crippen molar-refractivity contribution < 1.29 is 0 Å².